The minimum atomic E-state index is -0.208. The van der Waals surface area contributed by atoms with Crippen LogP contribution in [0.25, 0.3) is 0 Å². The topological polar surface area (TPSA) is 0 Å². The minimum absolute atomic E-state index is 0.208. The van der Waals surface area contributed by atoms with E-state index >= 15 is 0 Å². The summed E-state index contributed by atoms with van der Waals surface area (Å²) in [4.78, 5) is 1.49. The Hall–Kier alpha value is -1.99. The van der Waals surface area contributed by atoms with Crippen molar-refractivity contribution < 1.29 is 0 Å². The number of hydrogen-bond donors (Lipinski definition) is 1. The molecule has 1 heteroatoms. The lowest BCUT2D eigenvalue weighted by molar-refractivity contribution is 1.30. The molecule has 0 aliphatic heterocycles. The first-order valence-corrected chi connectivity index (χ1v) is 9.01. The van der Waals surface area contributed by atoms with E-state index < -0.39 is 0 Å². The molecule has 3 aromatic rings. The van der Waals surface area contributed by atoms with Crippen LogP contribution >= 0.6 is 10.9 Å². The molecule has 0 aromatic heterocycles. The fourth-order valence-corrected chi connectivity index (χ4v) is 4.86. The second kappa shape index (κ2) is 7.14. The van der Waals surface area contributed by atoms with Crippen molar-refractivity contribution in [1.82, 2.24) is 0 Å². The van der Waals surface area contributed by atoms with Gasteiger partial charge in [0.05, 0.1) is 0 Å². The Morgan fingerprint density at radius 1 is 0.476 bits per heavy atom. The van der Waals surface area contributed by atoms with Crippen LogP contribution in [0, 0.1) is 0 Å². The van der Waals surface area contributed by atoms with Gasteiger partial charge in [0.15, 0.2) is 0 Å². The van der Waals surface area contributed by atoms with Crippen LogP contribution in [-0.4, -0.2) is 0 Å². The van der Waals surface area contributed by atoms with Gasteiger partial charge in [0.1, 0.15) is 0 Å². The first-order chi connectivity index (χ1) is 10.4. The summed E-state index contributed by atoms with van der Waals surface area (Å²) in [6.07, 6.45) is 0. The smallest absolute Gasteiger partial charge is 0.00413 e. The van der Waals surface area contributed by atoms with Gasteiger partial charge in [-0.1, -0.05) is 91.0 Å². The Bertz CT molecular complexity index is 606. The lowest BCUT2D eigenvalue weighted by Crippen LogP contribution is -1.94. The summed E-state index contributed by atoms with van der Waals surface area (Å²) in [6.45, 7) is 0. The first-order valence-electron chi connectivity index (χ1n) is 7.30. The highest BCUT2D eigenvalue weighted by Gasteiger charge is 2.09. The Morgan fingerprint density at radius 3 is 1.29 bits per heavy atom. The molecule has 3 aromatic carbocycles. The second-order valence-corrected chi connectivity index (χ2v) is 7.39. The number of thiol groups is 1. The number of rotatable bonds is 5. The SMILES string of the molecule is c1ccc(C[SH](Cc2ccccc2)c2ccccc2)cc1. The van der Waals surface area contributed by atoms with E-state index in [-0.39, 0.29) is 10.9 Å². The molecule has 0 spiro atoms. The zero-order chi connectivity index (χ0) is 14.3. The summed E-state index contributed by atoms with van der Waals surface area (Å²) in [6, 6.07) is 32.6. The van der Waals surface area contributed by atoms with Crippen LogP contribution < -0.4 is 0 Å². The summed E-state index contributed by atoms with van der Waals surface area (Å²) < 4.78 is 0. The predicted octanol–water partition coefficient (Wildman–Crippen LogP) is 5.45. The van der Waals surface area contributed by atoms with Crippen LogP contribution in [0.1, 0.15) is 11.1 Å². The second-order valence-electron chi connectivity index (χ2n) is 5.16. The molecule has 0 unspecified atom stereocenters. The van der Waals surface area contributed by atoms with Crippen LogP contribution in [0.2, 0.25) is 0 Å². The molecule has 0 aliphatic rings. The van der Waals surface area contributed by atoms with Crippen LogP contribution in [0.15, 0.2) is 95.9 Å². The van der Waals surface area contributed by atoms with Gasteiger partial charge in [-0.2, -0.15) is 0 Å². The van der Waals surface area contributed by atoms with Gasteiger partial charge in [-0.15, -0.1) is 0 Å². The maximum absolute atomic E-state index is 2.28. The van der Waals surface area contributed by atoms with Crippen molar-refractivity contribution in [1.29, 1.82) is 0 Å². The molecule has 0 radical (unpaired) electrons. The molecule has 106 valence electrons. The van der Waals surface area contributed by atoms with Crippen LogP contribution in [0.5, 0.6) is 0 Å². The average Bonchev–Trinajstić information content (AvgIpc) is 2.57. The maximum Gasteiger partial charge on any atom is 0.00413 e. The first kappa shape index (κ1) is 14.0. The standard InChI is InChI=1S/C20H20S/c1-4-10-18(11-5-1)16-21(20-14-8-3-9-15-20)17-19-12-6-2-7-13-19/h1-15,21H,16-17H2. The third-order valence-corrected chi connectivity index (χ3v) is 6.08. The van der Waals surface area contributed by atoms with Gasteiger partial charge in [0.25, 0.3) is 0 Å². The Labute approximate surface area is 129 Å². The molecule has 0 saturated heterocycles. The molecule has 0 atom stereocenters. The van der Waals surface area contributed by atoms with Crippen molar-refractivity contribution >= 4 is 10.9 Å². The third-order valence-electron chi connectivity index (χ3n) is 3.55. The van der Waals surface area contributed by atoms with Gasteiger partial charge in [-0.25, -0.2) is 10.9 Å². The number of hydrogen-bond acceptors (Lipinski definition) is 0. The fraction of sp³-hybridized carbons (Fsp3) is 0.100. The summed E-state index contributed by atoms with van der Waals surface area (Å²) in [7, 11) is -0.208. The zero-order valence-electron chi connectivity index (χ0n) is 12.0. The van der Waals surface area contributed by atoms with E-state index in [1.807, 2.05) is 0 Å². The molecule has 3 rings (SSSR count). The van der Waals surface area contributed by atoms with Gasteiger partial charge in [-0.3, -0.25) is 0 Å². The van der Waals surface area contributed by atoms with Crippen molar-refractivity contribution in [3.05, 3.63) is 102 Å². The van der Waals surface area contributed by atoms with E-state index in [9.17, 15) is 0 Å². The zero-order valence-corrected chi connectivity index (χ0v) is 12.9. The molecule has 0 amide bonds. The van der Waals surface area contributed by atoms with Crippen molar-refractivity contribution in [2.45, 2.75) is 16.4 Å². The molecule has 0 N–H and O–H groups in total. The summed E-state index contributed by atoms with van der Waals surface area (Å²) in [5, 5.41) is 0. The summed E-state index contributed by atoms with van der Waals surface area (Å²) in [5.41, 5.74) is 2.87. The highest BCUT2D eigenvalue weighted by atomic mass is 32.2. The van der Waals surface area contributed by atoms with Gasteiger partial charge < -0.3 is 0 Å². The highest BCUT2D eigenvalue weighted by Crippen LogP contribution is 2.42. The minimum Gasteiger partial charge on any atom is -0.219 e. The molecule has 0 nitrogen and oxygen atoms in total. The lowest BCUT2D eigenvalue weighted by atomic mass is 10.2. The molecule has 0 heterocycles. The van der Waals surface area contributed by atoms with Crippen molar-refractivity contribution in [2.75, 3.05) is 0 Å². The molecule has 0 fully saturated rings. The van der Waals surface area contributed by atoms with E-state index in [2.05, 4.69) is 91.0 Å². The Balaban J connectivity index is 1.84. The van der Waals surface area contributed by atoms with Gasteiger partial charge in [-0.05, 0) is 16.0 Å². The van der Waals surface area contributed by atoms with E-state index in [0.717, 1.165) is 11.5 Å². The van der Waals surface area contributed by atoms with Crippen molar-refractivity contribution in [2.24, 2.45) is 0 Å². The largest absolute Gasteiger partial charge is 0.219 e. The van der Waals surface area contributed by atoms with E-state index in [0.29, 0.717) is 0 Å². The van der Waals surface area contributed by atoms with Crippen molar-refractivity contribution in [3.8, 4) is 0 Å². The molecular formula is C20H20S. The van der Waals surface area contributed by atoms with Crippen LogP contribution in [-0.2, 0) is 11.5 Å². The van der Waals surface area contributed by atoms with Crippen molar-refractivity contribution in [3.63, 3.8) is 0 Å². The summed E-state index contributed by atoms with van der Waals surface area (Å²) >= 11 is 0. The molecule has 0 bridgehead atoms. The van der Waals surface area contributed by atoms with Gasteiger partial charge in [0, 0.05) is 11.5 Å². The predicted molar refractivity (Wildman–Crippen MR) is 94.0 cm³/mol. The maximum atomic E-state index is 2.28. The Morgan fingerprint density at radius 2 is 0.857 bits per heavy atom. The fourth-order valence-electron chi connectivity index (χ4n) is 2.48. The molecule has 21 heavy (non-hydrogen) atoms. The van der Waals surface area contributed by atoms with Crippen LogP contribution in [0.4, 0.5) is 0 Å². The molecule has 0 aliphatic carbocycles. The lowest BCUT2D eigenvalue weighted by Gasteiger charge is -2.22. The van der Waals surface area contributed by atoms with Gasteiger partial charge >= 0.3 is 0 Å². The normalized spacial score (nSPS) is 11.1. The molecule has 0 saturated carbocycles. The summed E-state index contributed by atoms with van der Waals surface area (Å²) in [5.74, 6) is 2.30. The number of benzene rings is 3. The average molecular weight is 292 g/mol. The van der Waals surface area contributed by atoms with E-state index in [4.69, 9.17) is 0 Å². The van der Waals surface area contributed by atoms with Crippen LogP contribution in [0.3, 0.4) is 0 Å². The third kappa shape index (κ3) is 3.99. The Kier molecular flexibility index (Phi) is 4.75. The van der Waals surface area contributed by atoms with Gasteiger partial charge in [0.2, 0.25) is 0 Å². The molecular weight excluding hydrogens is 272 g/mol. The highest BCUT2D eigenvalue weighted by molar-refractivity contribution is 8.15. The van der Waals surface area contributed by atoms with E-state index in [1.54, 1.807) is 0 Å². The van der Waals surface area contributed by atoms with E-state index in [1.165, 1.54) is 16.0 Å². The monoisotopic (exact) mass is 292 g/mol. The quantitative estimate of drug-likeness (QED) is 0.594.